The van der Waals surface area contributed by atoms with E-state index in [-0.39, 0.29) is 70.3 Å². The van der Waals surface area contributed by atoms with Crippen LogP contribution in [0.2, 0.25) is 0 Å². The van der Waals surface area contributed by atoms with Crippen LogP contribution in [-0.2, 0) is 28.4 Å². The van der Waals surface area contributed by atoms with Gasteiger partial charge in [0.15, 0.2) is 0 Å². The van der Waals surface area contributed by atoms with Gasteiger partial charge in [-0.15, -0.1) is 8.42 Å². The minimum absolute atomic E-state index is 0. The Hall–Kier alpha value is 0.370. The third kappa shape index (κ3) is 10.0. The van der Waals surface area contributed by atoms with Crippen LogP contribution in [0.15, 0.2) is 24.3 Å². The molecule has 88 valence electrons. The van der Waals surface area contributed by atoms with Gasteiger partial charge in [0.1, 0.15) is 0 Å². The zero-order chi connectivity index (χ0) is 12.2. The summed E-state index contributed by atoms with van der Waals surface area (Å²) >= 11 is 0. The van der Waals surface area contributed by atoms with E-state index in [0.29, 0.717) is 0 Å². The van der Waals surface area contributed by atoms with E-state index in [1.807, 2.05) is 0 Å². The van der Waals surface area contributed by atoms with Gasteiger partial charge in [-0.3, -0.25) is 0 Å². The van der Waals surface area contributed by atoms with Gasteiger partial charge in [0.2, 0.25) is 0 Å². The summed E-state index contributed by atoms with van der Waals surface area (Å²) in [6.07, 6.45) is 0. The number of hydrogen-bond acceptors (Lipinski definition) is 6. The van der Waals surface area contributed by atoms with Crippen molar-refractivity contribution >= 4 is 81.5 Å². The van der Waals surface area contributed by atoms with Crippen molar-refractivity contribution in [2.45, 2.75) is 13.8 Å². The molecule has 6 nitrogen and oxygen atoms in total. The van der Waals surface area contributed by atoms with Crippen LogP contribution in [0, 0.1) is 0 Å². The van der Waals surface area contributed by atoms with Crippen molar-refractivity contribution < 1.29 is 26.4 Å². The molecule has 0 aliphatic carbocycles. The second-order valence-electron chi connectivity index (χ2n) is 2.71. The summed E-state index contributed by atoms with van der Waals surface area (Å²) in [6, 6.07) is 0. The molecule has 0 spiro atoms. The van der Waals surface area contributed by atoms with E-state index in [0.717, 1.165) is 0 Å². The molecule has 0 N–H and O–H groups in total. The monoisotopic (exact) mass is 282 g/mol. The summed E-state index contributed by atoms with van der Waals surface area (Å²) in [7, 11) is -4.69. The fourth-order valence-corrected chi connectivity index (χ4v) is 1.03. The Morgan fingerprint density at radius 1 is 0.882 bits per heavy atom. The molecule has 0 amide bonds. The standard InChI is InChI=1S/C8H10O6S.2Na.2H/c1-5(2)7(9)13-15(11,12)14-8(10)6(3)4;;;;/h1,3H2,2,4H3;;;;. The fourth-order valence-electron chi connectivity index (χ4n) is 0.345. The molecule has 0 aromatic rings. The molecule has 9 heteroatoms. The first-order chi connectivity index (χ1) is 6.65. The molecule has 0 rings (SSSR count). The molecule has 0 bridgehead atoms. The van der Waals surface area contributed by atoms with Crippen molar-refractivity contribution in [1.82, 2.24) is 0 Å². The van der Waals surface area contributed by atoms with Crippen molar-refractivity contribution in [2.24, 2.45) is 0 Å². The quantitative estimate of drug-likeness (QED) is 0.494. The number of carbonyl (C=O) groups excluding carboxylic acids is 2. The van der Waals surface area contributed by atoms with E-state index in [1.165, 1.54) is 13.8 Å². The molecule has 0 saturated carbocycles. The molecule has 0 fully saturated rings. The summed E-state index contributed by atoms with van der Waals surface area (Å²) in [4.78, 5) is 21.6. The van der Waals surface area contributed by atoms with Gasteiger partial charge in [-0.2, -0.15) is 0 Å². The van der Waals surface area contributed by atoms with E-state index < -0.39 is 22.3 Å². The Bertz CT molecular complexity index is 391. The molecule has 0 radical (unpaired) electrons. The van der Waals surface area contributed by atoms with E-state index in [2.05, 4.69) is 21.5 Å². The first kappa shape index (κ1) is 22.5. The Morgan fingerprint density at radius 2 is 1.12 bits per heavy atom. The van der Waals surface area contributed by atoms with Gasteiger partial charge in [-0.05, 0) is 13.8 Å². The van der Waals surface area contributed by atoms with Gasteiger partial charge in [0.25, 0.3) is 0 Å². The summed E-state index contributed by atoms with van der Waals surface area (Å²) in [5, 5.41) is 0. The molecule has 0 unspecified atom stereocenters. The maximum absolute atomic E-state index is 10.9. The Labute approximate surface area is 144 Å². The van der Waals surface area contributed by atoms with Crippen LogP contribution in [0.1, 0.15) is 13.8 Å². The summed E-state index contributed by atoms with van der Waals surface area (Å²) in [5.74, 6) is -2.38. The predicted octanol–water partition coefficient (Wildman–Crippen LogP) is -0.827. The van der Waals surface area contributed by atoms with Crippen LogP contribution in [0.4, 0.5) is 0 Å². The van der Waals surface area contributed by atoms with Gasteiger partial charge >= 0.3 is 81.5 Å². The fraction of sp³-hybridized carbons (Fsp3) is 0.250. The Balaban J connectivity index is -0.000000980. The minimum atomic E-state index is -4.69. The number of carbonyl (C=O) groups is 2. The van der Waals surface area contributed by atoms with Crippen LogP contribution in [0.25, 0.3) is 0 Å². The molecule has 17 heavy (non-hydrogen) atoms. The van der Waals surface area contributed by atoms with Crippen LogP contribution in [0.3, 0.4) is 0 Å². The Kier molecular flexibility index (Phi) is 12.4. The first-order valence-electron chi connectivity index (χ1n) is 3.69. The molecule has 0 aliphatic rings. The third-order valence-corrected chi connectivity index (χ3v) is 1.76. The first-order valence-corrected chi connectivity index (χ1v) is 5.02. The van der Waals surface area contributed by atoms with Crippen molar-refractivity contribution in [2.75, 3.05) is 0 Å². The molecule has 0 aromatic heterocycles. The van der Waals surface area contributed by atoms with Crippen molar-refractivity contribution in [1.29, 1.82) is 0 Å². The van der Waals surface area contributed by atoms with E-state index in [9.17, 15) is 18.0 Å². The molecule has 0 aromatic carbocycles. The van der Waals surface area contributed by atoms with E-state index in [4.69, 9.17) is 0 Å². The van der Waals surface area contributed by atoms with Gasteiger partial charge in [0, 0.05) is 11.1 Å². The van der Waals surface area contributed by atoms with Gasteiger partial charge in [-0.25, -0.2) is 9.59 Å². The average Bonchev–Trinajstić information content (AvgIpc) is 2.01. The second kappa shape index (κ2) is 9.32. The zero-order valence-electron chi connectivity index (χ0n) is 8.27. The second-order valence-corrected chi connectivity index (χ2v) is 3.86. The molecular formula is C8H12Na2O6S. The zero-order valence-corrected chi connectivity index (χ0v) is 9.09. The normalized spacial score (nSPS) is 9.06. The topological polar surface area (TPSA) is 86.7 Å². The molecule has 0 saturated heterocycles. The predicted molar refractivity (Wildman–Crippen MR) is 65.0 cm³/mol. The van der Waals surface area contributed by atoms with Crippen LogP contribution in [0.5, 0.6) is 0 Å². The third-order valence-electron chi connectivity index (χ3n) is 1.05. The number of hydrogen-bond donors (Lipinski definition) is 0. The molecule has 0 aliphatic heterocycles. The van der Waals surface area contributed by atoms with Gasteiger partial charge < -0.3 is 8.37 Å². The number of rotatable bonds is 4. The van der Waals surface area contributed by atoms with Crippen molar-refractivity contribution in [3.63, 3.8) is 0 Å². The van der Waals surface area contributed by atoms with Crippen LogP contribution in [-0.4, -0.2) is 79.5 Å². The van der Waals surface area contributed by atoms with Crippen LogP contribution >= 0.6 is 0 Å². The molecular weight excluding hydrogens is 270 g/mol. The van der Waals surface area contributed by atoms with E-state index in [1.54, 1.807) is 0 Å². The summed E-state index contributed by atoms with van der Waals surface area (Å²) < 4.78 is 29.5. The van der Waals surface area contributed by atoms with Crippen molar-refractivity contribution in [3.05, 3.63) is 24.3 Å². The van der Waals surface area contributed by atoms with Crippen LogP contribution < -0.4 is 0 Å². The van der Waals surface area contributed by atoms with Gasteiger partial charge in [-0.1, -0.05) is 13.2 Å². The summed E-state index contributed by atoms with van der Waals surface area (Å²) in [6.45, 7) is 8.81. The molecule has 0 atom stereocenters. The Morgan fingerprint density at radius 3 is 1.29 bits per heavy atom. The average molecular weight is 282 g/mol. The maximum atomic E-state index is 10.9. The van der Waals surface area contributed by atoms with E-state index >= 15 is 0 Å². The van der Waals surface area contributed by atoms with Gasteiger partial charge in [0.05, 0.1) is 0 Å². The van der Waals surface area contributed by atoms with Crippen molar-refractivity contribution in [3.8, 4) is 0 Å². The summed E-state index contributed by atoms with van der Waals surface area (Å²) in [5.41, 5.74) is -0.269. The molecule has 0 heterocycles. The SMILES string of the molecule is C=C(C)C(=O)OS(=O)(=O)OC(=O)C(=C)C.[NaH].[NaH].